The second-order valence-electron chi connectivity index (χ2n) is 6.50. The molecular weight excluding hydrogens is 388 g/mol. The third kappa shape index (κ3) is 3.97. The number of carbonyl (C=O) groups excluding carboxylic acids is 1. The average molecular weight is 406 g/mol. The second-order valence-corrected chi connectivity index (χ2v) is 8.19. The van der Waals surface area contributed by atoms with Gasteiger partial charge in [0.05, 0.1) is 21.6 Å². The molecule has 0 aliphatic heterocycles. The van der Waals surface area contributed by atoms with Crippen LogP contribution < -0.4 is 10.0 Å². The predicted octanol–water partition coefficient (Wildman–Crippen LogP) is 3.92. The van der Waals surface area contributed by atoms with Crippen LogP contribution in [0.15, 0.2) is 77.7 Å². The molecule has 1 amide bonds. The molecular formula is C21H18N4O3S. The first-order valence-corrected chi connectivity index (χ1v) is 10.4. The van der Waals surface area contributed by atoms with E-state index < -0.39 is 15.9 Å². The monoisotopic (exact) mass is 406 g/mol. The van der Waals surface area contributed by atoms with Gasteiger partial charge in [0.15, 0.2) is 0 Å². The Hall–Kier alpha value is -3.65. The summed E-state index contributed by atoms with van der Waals surface area (Å²) in [7, 11) is -3.84. The fourth-order valence-corrected chi connectivity index (χ4v) is 4.06. The van der Waals surface area contributed by atoms with Crippen molar-refractivity contribution in [2.75, 3.05) is 10.0 Å². The van der Waals surface area contributed by atoms with E-state index in [4.69, 9.17) is 0 Å². The van der Waals surface area contributed by atoms with Crippen LogP contribution in [-0.4, -0.2) is 24.3 Å². The summed E-state index contributed by atoms with van der Waals surface area (Å²) in [6, 6.07) is 20.3. The number of fused-ring (bicyclic) bond motifs is 1. The molecule has 0 saturated heterocycles. The normalized spacial score (nSPS) is 11.3. The molecule has 0 aliphatic carbocycles. The van der Waals surface area contributed by atoms with Crippen LogP contribution in [0.4, 0.5) is 11.6 Å². The quantitative estimate of drug-likeness (QED) is 0.467. The topological polar surface area (TPSA) is 104 Å². The first-order chi connectivity index (χ1) is 13.9. The highest BCUT2D eigenvalue weighted by Gasteiger charge is 2.18. The number of rotatable bonds is 5. The van der Waals surface area contributed by atoms with Crippen molar-refractivity contribution >= 4 is 38.6 Å². The van der Waals surface area contributed by atoms with Crippen molar-refractivity contribution < 1.29 is 13.2 Å². The summed E-state index contributed by atoms with van der Waals surface area (Å²) in [5, 5.41) is 2.66. The van der Waals surface area contributed by atoms with Crippen LogP contribution >= 0.6 is 0 Å². The zero-order valence-electron chi connectivity index (χ0n) is 15.5. The Kier molecular flexibility index (Phi) is 4.77. The van der Waals surface area contributed by atoms with Crippen LogP contribution in [0.1, 0.15) is 15.9 Å². The summed E-state index contributed by atoms with van der Waals surface area (Å²) in [5.41, 5.74) is 3.01. The van der Waals surface area contributed by atoms with E-state index in [0.29, 0.717) is 11.6 Å². The molecule has 1 heterocycles. The summed E-state index contributed by atoms with van der Waals surface area (Å²) < 4.78 is 28.0. The summed E-state index contributed by atoms with van der Waals surface area (Å²) in [5.74, 6) is -0.167. The van der Waals surface area contributed by atoms with Gasteiger partial charge in [0, 0.05) is 5.56 Å². The molecule has 8 heteroatoms. The zero-order chi connectivity index (χ0) is 20.4. The Balaban J connectivity index is 1.57. The van der Waals surface area contributed by atoms with Crippen molar-refractivity contribution in [3.05, 3.63) is 83.9 Å². The Morgan fingerprint density at radius 2 is 1.72 bits per heavy atom. The van der Waals surface area contributed by atoms with Crippen molar-refractivity contribution in [2.45, 2.75) is 11.8 Å². The SMILES string of the molecule is Cc1ccccc1NS(=O)(=O)c1cccc(C(=O)Nc2nc3ccccc3[nH]2)c1. The predicted molar refractivity (Wildman–Crippen MR) is 112 cm³/mol. The number of hydrogen-bond donors (Lipinski definition) is 3. The zero-order valence-corrected chi connectivity index (χ0v) is 16.3. The number of H-pyrrole nitrogens is 1. The third-order valence-corrected chi connectivity index (χ3v) is 5.78. The number of para-hydroxylation sites is 3. The number of aromatic amines is 1. The Morgan fingerprint density at radius 3 is 2.52 bits per heavy atom. The lowest BCUT2D eigenvalue weighted by Gasteiger charge is -2.11. The lowest BCUT2D eigenvalue weighted by molar-refractivity contribution is 0.102. The molecule has 7 nitrogen and oxygen atoms in total. The molecule has 0 fully saturated rings. The van der Waals surface area contributed by atoms with Crippen molar-refractivity contribution in [1.29, 1.82) is 0 Å². The van der Waals surface area contributed by atoms with Gasteiger partial charge in [-0.05, 0) is 48.9 Å². The van der Waals surface area contributed by atoms with Crippen molar-refractivity contribution in [3.8, 4) is 0 Å². The Labute approximate surface area is 167 Å². The number of anilines is 2. The van der Waals surface area contributed by atoms with E-state index in [-0.39, 0.29) is 10.5 Å². The molecule has 0 radical (unpaired) electrons. The molecule has 29 heavy (non-hydrogen) atoms. The minimum Gasteiger partial charge on any atom is -0.324 e. The van der Waals surface area contributed by atoms with E-state index in [0.717, 1.165) is 16.6 Å². The average Bonchev–Trinajstić information content (AvgIpc) is 3.12. The number of amides is 1. The molecule has 0 bridgehead atoms. The van der Waals surface area contributed by atoms with Crippen LogP contribution in [0.2, 0.25) is 0 Å². The molecule has 0 aliphatic rings. The minimum atomic E-state index is -3.84. The van der Waals surface area contributed by atoms with Gasteiger partial charge in [0.2, 0.25) is 5.95 Å². The maximum atomic E-state index is 12.7. The van der Waals surface area contributed by atoms with Gasteiger partial charge >= 0.3 is 0 Å². The first kappa shape index (κ1) is 18.7. The molecule has 0 saturated carbocycles. The fraction of sp³-hybridized carbons (Fsp3) is 0.0476. The van der Waals surface area contributed by atoms with Crippen LogP contribution in [0, 0.1) is 6.92 Å². The summed E-state index contributed by atoms with van der Waals surface area (Å²) in [6.07, 6.45) is 0. The number of hydrogen-bond acceptors (Lipinski definition) is 4. The number of imidazole rings is 1. The highest BCUT2D eigenvalue weighted by molar-refractivity contribution is 7.92. The van der Waals surface area contributed by atoms with Gasteiger partial charge in [-0.1, -0.05) is 36.4 Å². The van der Waals surface area contributed by atoms with Gasteiger partial charge in [-0.2, -0.15) is 0 Å². The van der Waals surface area contributed by atoms with Crippen molar-refractivity contribution in [3.63, 3.8) is 0 Å². The van der Waals surface area contributed by atoms with Crippen molar-refractivity contribution in [2.24, 2.45) is 0 Å². The molecule has 146 valence electrons. The molecule has 4 rings (SSSR count). The van der Waals surface area contributed by atoms with Gasteiger partial charge in [0.25, 0.3) is 15.9 Å². The highest BCUT2D eigenvalue weighted by Crippen LogP contribution is 2.20. The molecule has 0 unspecified atom stereocenters. The maximum absolute atomic E-state index is 12.7. The van der Waals surface area contributed by atoms with E-state index in [1.165, 1.54) is 18.2 Å². The highest BCUT2D eigenvalue weighted by atomic mass is 32.2. The Morgan fingerprint density at radius 1 is 0.966 bits per heavy atom. The van der Waals surface area contributed by atoms with E-state index >= 15 is 0 Å². The standard InChI is InChI=1S/C21H18N4O3S/c1-14-7-2-3-10-17(14)25-29(27,28)16-9-6-8-15(13-16)20(26)24-21-22-18-11-4-5-12-19(18)23-21/h2-13,25H,1H3,(H2,22,23,24,26). The fourth-order valence-electron chi connectivity index (χ4n) is 2.89. The van der Waals surface area contributed by atoms with Crippen LogP contribution in [0.3, 0.4) is 0 Å². The number of carbonyl (C=O) groups is 1. The minimum absolute atomic E-state index is 0.00184. The Bertz CT molecular complexity index is 1280. The molecule has 3 aromatic carbocycles. The lowest BCUT2D eigenvalue weighted by Crippen LogP contribution is -2.16. The van der Waals surface area contributed by atoms with Gasteiger partial charge in [0.1, 0.15) is 0 Å². The van der Waals surface area contributed by atoms with Crippen molar-refractivity contribution in [1.82, 2.24) is 9.97 Å². The molecule has 3 N–H and O–H groups in total. The maximum Gasteiger partial charge on any atom is 0.261 e. The number of aryl methyl sites for hydroxylation is 1. The smallest absolute Gasteiger partial charge is 0.261 e. The van der Waals surface area contributed by atoms with Gasteiger partial charge in [-0.25, -0.2) is 13.4 Å². The van der Waals surface area contributed by atoms with E-state index in [2.05, 4.69) is 20.0 Å². The summed E-state index contributed by atoms with van der Waals surface area (Å²) in [6.45, 7) is 1.81. The molecule has 0 spiro atoms. The molecule has 4 aromatic rings. The van der Waals surface area contributed by atoms with Crippen LogP contribution in [0.25, 0.3) is 11.0 Å². The van der Waals surface area contributed by atoms with E-state index in [1.54, 1.807) is 18.2 Å². The molecule has 0 atom stereocenters. The van der Waals surface area contributed by atoms with E-state index in [9.17, 15) is 13.2 Å². The number of nitrogens with zero attached hydrogens (tertiary/aromatic N) is 1. The van der Waals surface area contributed by atoms with Crippen LogP contribution in [0.5, 0.6) is 0 Å². The van der Waals surface area contributed by atoms with Gasteiger partial charge in [-0.15, -0.1) is 0 Å². The lowest BCUT2D eigenvalue weighted by atomic mass is 10.2. The number of aromatic nitrogens is 2. The van der Waals surface area contributed by atoms with Gasteiger partial charge < -0.3 is 4.98 Å². The summed E-state index contributed by atoms with van der Waals surface area (Å²) in [4.78, 5) is 19.9. The van der Waals surface area contributed by atoms with Gasteiger partial charge in [-0.3, -0.25) is 14.8 Å². The first-order valence-electron chi connectivity index (χ1n) is 8.87. The largest absolute Gasteiger partial charge is 0.324 e. The second kappa shape index (κ2) is 7.40. The number of sulfonamides is 1. The third-order valence-electron chi connectivity index (χ3n) is 4.42. The number of benzene rings is 3. The van der Waals surface area contributed by atoms with Crippen LogP contribution in [-0.2, 0) is 10.0 Å². The number of nitrogens with one attached hydrogen (secondary N) is 3. The summed E-state index contributed by atoms with van der Waals surface area (Å²) >= 11 is 0. The van der Waals surface area contributed by atoms with E-state index in [1.807, 2.05) is 43.3 Å². The molecule has 1 aromatic heterocycles.